The Bertz CT molecular complexity index is 612. The van der Waals surface area contributed by atoms with Crippen LogP contribution in [0.2, 0.25) is 0 Å². The van der Waals surface area contributed by atoms with E-state index >= 15 is 0 Å². The first-order valence-electron chi connectivity index (χ1n) is 5.81. The lowest BCUT2D eigenvalue weighted by atomic mass is 10.2. The smallest absolute Gasteiger partial charge is 0.263 e. The fourth-order valence-electron chi connectivity index (χ4n) is 1.78. The molecule has 0 bridgehead atoms. The van der Waals surface area contributed by atoms with Gasteiger partial charge in [0.2, 0.25) is 0 Å². The monoisotopic (exact) mass is 264 g/mol. The number of sulfonamides is 1. The number of allylic oxidation sites excluding steroid dienone is 1. The first-order chi connectivity index (χ1) is 8.50. The van der Waals surface area contributed by atoms with Crippen LogP contribution < -0.4 is 4.72 Å². The zero-order valence-electron chi connectivity index (χ0n) is 10.5. The van der Waals surface area contributed by atoms with Gasteiger partial charge in [0, 0.05) is 12.1 Å². The molecule has 0 radical (unpaired) electrons. The second-order valence-corrected chi connectivity index (χ2v) is 6.05. The van der Waals surface area contributed by atoms with Crippen molar-refractivity contribution in [3.05, 3.63) is 41.5 Å². The Morgan fingerprint density at radius 2 is 2.06 bits per heavy atom. The highest BCUT2D eigenvalue weighted by Gasteiger charge is 2.29. The van der Waals surface area contributed by atoms with E-state index in [0.717, 1.165) is 6.42 Å². The van der Waals surface area contributed by atoms with E-state index in [-0.39, 0.29) is 0 Å². The maximum absolute atomic E-state index is 11.8. The van der Waals surface area contributed by atoms with Gasteiger partial charge in [-0.25, -0.2) is 8.42 Å². The maximum atomic E-state index is 11.8. The van der Waals surface area contributed by atoms with Crippen LogP contribution in [-0.2, 0) is 10.0 Å². The van der Waals surface area contributed by atoms with Crippen molar-refractivity contribution < 1.29 is 8.42 Å². The van der Waals surface area contributed by atoms with Crippen LogP contribution >= 0.6 is 0 Å². The molecule has 1 aromatic carbocycles. The lowest BCUT2D eigenvalue weighted by Crippen LogP contribution is -2.22. The molecule has 0 atom stereocenters. The third-order valence-electron chi connectivity index (χ3n) is 2.61. The molecule has 18 heavy (non-hydrogen) atoms. The number of rotatable bonds is 3. The first-order valence-corrected chi connectivity index (χ1v) is 7.29. The van der Waals surface area contributed by atoms with Crippen LogP contribution in [0.3, 0.4) is 0 Å². The highest BCUT2D eigenvalue weighted by Crippen LogP contribution is 2.22. The van der Waals surface area contributed by atoms with E-state index in [2.05, 4.69) is 15.8 Å². The van der Waals surface area contributed by atoms with Gasteiger partial charge in [0.15, 0.2) is 0 Å². The third-order valence-corrected chi connectivity index (χ3v) is 4.01. The molecule has 1 N–H and O–H groups in total. The summed E-state index contributed by atoms with van der Waals surface area (Å²) >= 11 is 0. The van der Waals surface area contributed by atoms with Gasteiger partial charge in [-0.2, -0.15) is 0 Å². The number of aliphatic imine (C=N–C) groups is 1. The fraction of sp³-hybridized carbons (Fsp3) is 0.308. The molecule has 0 aromatic heterocycles. The quantitative estimate of drug-likeness (QED) is 0.671. The lowest BCUT2D eigenvalue weighted by Gasteiger charge is -1.97. The second-order valence-electron chi connectivity index (χ2n) is 4.40. The molecule has 0 saturated carbocycles. The molecule has 0 fully saturated rings. The molecule has 1 aromatic rings. The number of fused-ring (bicyclic) bond motifs is 1. The van der Waals surface area contributed by atoms with Crippen molar-refractivity contribution in [3.8, 4) is 0 Å². The second kappa shape index (κ2) is 4.94. The Morgan fingerprint density at radius 1 is 1.33 bits per heavy atom. The number of hydrogen-bond donors (Lipinski definition) is 1. The summed E-state index contributed by atoms with van der Waals surface area (Å²) in [6.45, 7) is 4.64. The van der Waals surface area contributed by atoms with Gasteiger partial charge in [-0.15, -0.1) is 0 Å². The summed E-state index contributed by atoms with van der Waals surface area (Å²) in [5, 5.41) is 0. The number of nitrogens with zero attached hydrogens (tertiary/aromatic N) is 1. The Labute approximate surface area is 107 Å². The van der Waals surface area contributed by atoms with Gasteiger partial charge in [0.1, 0.15) is 5.84 Å². The molecule has 0 aliphatic carbocycles. The van der Waals surface area contributed by atoms with E-state index in [9.17, 15) is 8.42 Å². The SMILES string of the molecule is CC(C)=CCCN=C1NS(=O)(=O)c2ccccc21. The molecule has 1 aliphatic heterocycles. The van der Waals surface area contributed by atoms with Crippen molar-refractivity contribution in [1.29, 1.82) is 0 Å². The van der Waals surface area contributed by atoms with E-state index < -0.39 is 10.0 Å². The minimum Gasteiger partial charge on any atom is -0.267 e. The van der Waals surface area contributed by atoms with Gasteiger partial charge in [-0.1, -0.05) is 23.8 Å². The Hall–Kier alpha value is -1.62. The average Bonchev–Trinajstić information content (AvgIpc) is 2.57. The van der Waals surface area contributed by atoms with Crippen LogP contribution in [0.25, 0.3) is 0 Å². The molecular weight excluding hydrogens is 248 g/mol. The van der Waals surface area contributed by atoms with Crippen LogP contribution in [0, 0.1) is 0 Å². The van der Waals surface area contributed by atoms with Crippen molar-refractivity contribution in [1.82, 2.24) is 4.72 Å². The minimum atomic E-state index is -3.40. The number of amidine groups is 1. The Kier molecular flexibility index (Phi) is 3.52. The number of hydrogen-bond acceptors (Lipinski definition) is 3. The lowest BCUT2D eigenvalue weighted by molar-refractivity contribution is 0.595. The van der Waals surface area contributed by atoms with Crippen molar-refractivity contribution in [2.24, 2.45) is 4.99 Å². The molecule has 4 nitrogen and oxygen atoms in total. The van der Waals surface area contributed by atoms with Gasteiger partial charge in [-0.3, -0.25) is 9.71 Å². The number of nitrogens with one attached hydrogen (secondary N) is 1. The third kappa shape index (κ3) is 2.61. The topological polar surface area (TPSA) is 58.5 Å². The average molecular weight is 264 g/mol. The molecule has 0 unspecified atom stereocenters. The van der Waals surface area contributed by atoms with Crippen LogP contribution in [0.5, 0.6) is 0 Å². The zero-order chi connectivity index (χ0) is 13.2. The molecule has 1 heterocycles. The van der Waals surface area contributed by atoms with E-state index in [0.29, 0.717) is 22.8 Å². The van der Waals surface area contributed by atoms with Crippen LogP contribution in [0.15, 0.2) is 45.8 Å². The summed E-state index contributed by atoms with van der Waals surface area (Å²) in [5.74, 6) is 0.452. The van der Waals surface area contributed by atoms with E-state index in [4.69, 9.17) is 0 Å². The molecule has 2 rings (SSSR count). The predicted octanol–water partition coefficient (Wildman–Crippen LogP) is 2.08. The van der Waals surface area contributed by atoms with Crippen molar-refractivity contribution >= 4 is 15.9 Å². The summed E-state index contributed by atoms with van der Waals surface area (Å²) in [6, 6.07) is 6.89. The van der Waals surface area contributed by atoms with Gasteiger partial charge < -0.3 is 0 Å². The molecule has 96 valence electrons. The summed E-state index contributed by atoms with van der Waals surface area (Å²) < 4.78 is 26.1. The van der Waals surface area contributed by atoms with Gasteiger partial charge in [0.25, 0.3) is 10.0 Å². The van der Waals surface area contributed by atoms with Crippen molar-refractivity contribution in [3.63, 3.8) is 0 Å². The summed E-state index contributed by atoms with van der Waals surface area (Å²) in [7, 11) is -3.40. The highest BCUT2D eigenvalue weighted by atomic mass is 32.2. The van der Waals surface area contributed by atoms with Gasteiger partial charge in [0.05, 0.1) is 4.90 Å². The molecular formula is C13H16N2O2S. The molecule has 1 aliphatic rings. The van der Waals surface area contributed by atoms with Gasteiger partial charge >= 0.3 is 0 Å². The summed E-state index contributed by atoms with van der Waals surface area (Å²) in [5.41, 5.74) is 1.90. The Morgan fingerprint density at radius 3 is 2.78 bits per heavy atom. The fourth-order valence-corrected chi connectivity index (χ4v) is 3.03. The van der Waals surface area contributed by atoms with Gasteiger partial charge in [-0.05, 0) is 32.4 Å². The summed E-state index contributed by atoms with van der Waals surface area (Å²) in [6.07, 6.45) is 2.90. The zero-order valence-corrected chi connectivity index (χ0v) is 11.3. The van der Waals surface area contributed by atoms with Crippen molar-refractivity contribution in [2.75, 3.05) is 6.54 Å². The molecule has 0 amide bonds. The minimum absolute atomic E-state index is 0.311. The van der Waals surface area contributed by atoms with Crippen LogP contribution in [-0.4, -0.2) is 20.8 Å². The van der Waals surface area contributed by atoms with Crippen LogP contribution in [0.4, 0.5) is 0 Å². The van der Waals surface area contributed by atoms with E-state index in [1.807, 2.05) is 19.9 Å². The predicted molar refractivity (Wildman–Crippen MR) is 72.2 cm³/mol. The normalized spacial score (nSPS) is 18.2. The number of benzene rings is 1. The molecule has 5 heteroatoms. The first kappa shape index (κ1) is 12.8. The van der Waals surface area contributed by atoms with E-state index in [1.165, 1.54) is 5.57 Å². The standard InChI is InChI=1S/C13H16N2O2S/c1-10(2)6-5-9-14-13-11-7-3-4-8-12(11)18(16,17)15-13/h3-4,6-8H,5,9H2,1-2H3,(H,14,15). The highest BCUT2D eigenvalue weighted by molar-refractivity contribution is 7.90. The van der Waals surface area contributed by atoms with Crippen molar-refractivity contribution in [2.45, 2.75) is 25.2 Å². The largest absolute Gasteiger partial charge is 0.267 e. The maximum Gasteiger partial charge on any atom is 0.263 e. The summed E-state index contributed by atoms with van der Waals surface area (Å²) in [4.78, 5) is 4.62. The van der Waals surface area contributed by atoms with Crippen LogP contribution in [0.1, 0.15) is 25.8 Å². The molecule has 0 spiro atoms. The molecule has 0 saturated heterocycles. The Balaban J connectivity index is 2.23. The van der Waals surface area contributed by atoms with E-state index in [1.54, 1.807) is 18.2 Å².